The van der Waals surface area contributed by atoms with Gasteiger partial charge in [-0.25, -0.2) is 4.98 Å². The SMILES string of the molecule is CCCC(C#N)C(O)c1nccs1. The fourth-order valence-corrected chi connectivity index (χ4v) is 1.84. The van der Waals surface area contributed by atoms with Crippen molar-refractivity contribution >= 4 is 11.3 Å². The highest BCUT2D eigenvalue weighted by Crippen LogP contribution is 2.26. The Morgan fingerprint density at radius 3 is 3.00 bits per heavy atom. The van der Waals surface area contributed by atoms with Crippen molar-refractivity contribution in [3.8, 4) is 6.07 Å². The lowest BCUT2D eigenvalue weighted by atomic mass is 9.99. The molecule has 1 N–H and O–H groups in total. The number of hydrogen-bond acceptors (Lipinski definition) is 4. The van der Waals surface area contributed by atoms with E-state index in [0.29, 0.717) is 5.01 Å². The van der Waals surface area contributed by atoms with Crippen molar-refractivity contribution in [2.75, 3.05) is 0 Å². The molecule has 0 aromatic carbocycles. The van der Waals surface area contributed by atoms with Crippen molar-refractivity contribution < 1.29 is 5.11 Å². The Balaban J connectivity index is 2.66. The minimum Gasteiger partial charge on any atom is -0.385 e. The van der Waals surface area contributed by atoms with Crippen molar-refractivity contribution in [2.45, 2.75) is 25.9 Å². The molecule has 2 unspecified atom stereocenters. The van der Waals surface area contributed by atoms with Crippen molar-refractivity contribution in [1.82, 2.24) is 4.98 Å². The van der Waals surface area contributed by atoms with Gasteiger partial charge in [-0.3, -0.25) is 0 Å². The summed E-state index contributed by atoms with van der Waals surface area (Å²) >= 11 is 1.39. The zero-order valence-corrected chi connectivity index (χ0v) is 8.29. The summed E-state index contributed by atoms with van der Waals surface area (Å²) in [6.07, 6.45) is 2.55. The lowest BCUT2D eigenvalue weighted by Gasteiger charge is -2.12. The summed E-state index contributed by atoms with van der Waals surface area (Å²) in [7, 11) is 0. The predicted octanol–water partition coefficient (Wildman–Crippen LogP) is 2.12. The van der Waals surface area contributed by atoms with Crippen LogP contribution in [-0.2, 0) is 0 Å². The van der Waals surface area contributed by atoms with Crippen LogP contribution in [0, 0.1) is 17.2 Å². The van der Waals surface area contributed by atoms with E-state index in [0.717, 1.165) is 12.8 Å². The molecule has 4 heteroatoms. The van der Waals surface area contributed by atoms with Gasteiger partial charge < -0.3 is 5.11 Å². The summed E-state index contributed by atoms with van der Waals surface area (Å²) in [5.74, 6) is -0.323. The molecule has 2 atom stereocenters. The molecule has 70 valence electrons. The molecule has 0 aliphatic heterocycles. The number of aromatic nitrogens is 1. The Hall–Kier alpha value is -0.920. The van der Waals surface area contributed by atoms with Gasteiger partial charge in [-0.05, 0) is 6.42 Å². The Bertz CT molecular complexity index is 278. The second-order valence-electron chi connectivity index (χ2n) is 2.84. The summed E-state index contributed by atoms with van der Waals surface area (Å²) in [5, 5.41) is 21.0. The summed E-state index contributed by atoms with van der Waals surface area (Å²) in [6.45, 7) is 2.00. The molecule has 0 saturated heterocycles. The molecule has 1 heterocycles. The van der Waals surface area contributed by atoms with Crippen LogP contribution < -0.4 is 0 Å². The molecule has 0 spiro atoms. The molecular weight excluding hydrogens is 184 g/mol. The van der Waals surface area contributed by atoms with Gasteiger partial charge in [-0.2, -0.15) is 5.26 Å². The highest BCUT2D eigenvalue weighted by atomic mass is 32.1. The van der Waals surface area contributed by atoms with Crippen LogP contribution in [0.3, 0.4) is 0 Å². The van der Waals surface area contributed by atoms with E-state index in [2.05, 4.69) is 11.1 Å². The average Bonchev–Trinajstić information content (AvgIpc) is 2.65. The fourth-order valence-electron chi connectivity index (χ4n) is 1.16. The maximum absolute atomic E-state index is 9.73. The number of nitrogens with zero attached hydrogens (tertiary/aromatic N) is 2. The van der Waals surface area contributed by atoms with Crippen LogP contribution >= 0.6 is 11.3 Å². The van der Waals surface area contributed by atoms with E-state index in [1.165, 1.54) is 11.3 Å². The monoisotopic (exact) mass is 196 g/mol. The largest absolute Gasteiger partial charge is 0.385 e. The third kappa shape index (κ3) is 2.51. The highest BCUT2D eigenvalue weighted by Gasteiger charge is 2.21. The highest BCUT2D eigenvalue weighted by molar-refractivity contribution is 7.09. The lowest BCUT2D eigenvalue weighted by Crippen LogP contribution is -2.10. The maximum atomic E-state index is 9.73. The molecule has 1 aromatic heterocycles. The zero-order chi connectivity index (χ0) is 9.68. The van der Waals surface area contributed by atoms with Gasteiger partial charge >= 0.3 is 0 Å². The molecule has 3 nitrogen and oxygen atoms in total. The first-order chi connectivity index (χ1) is 6.29. The van der Waals surface area contributed by atoms with E-state index >= 15 is 0 Å². The van der Waals surface area contributed by atoms with Crippen molar-refractivity contribution in [1.29, 1.82) is 5.26 Å². The fraction of sp³-hybridized carbons (Fsp3) is 0.556. The Labute approximate surface area is 81.7 Å². The molecule has 1 rings (SSSR count). The smallest absolute Gasteiger partial charge is 0.123 e. The van der Waals surface area contributed by atoms with Crippen LogP contribution in [0.25, 0.3) is 0 Å². The topological polar surface area (TPSA) is 56.9 Å². The third-order valence-electron chi connectivity index (χ3n) is 1.85. The van der Waals surface area contributed by atoms with Crippen LogP contribution in [0.2, 0.25) is 0 Å². The second kappa shape index (κ2) is 4.95. The van der Waals surface area contributed by atoms with Gasteiger partial charge in [0.2, 0.25) is 0 Å². The molecule has 0 bridgehead atoms. The van der Waals surface area contributed by atoms with E-state index in [4.69, 9.17) is 5.26 Å². The third-order valence-corrected chi connectivity index (χ3v) is 2.70. The van der Waals surface area contributed by atoms with Gasteiger partial charge in [0.25, 0.3) is 0 Å². The molecule has 0 radical (unpaired) electrons. The number of rotatable bonds is 4. The number of aliphatic hydroxyl groups excluding tert-OH is 1. The van der Waals surface area contributed by atoms with Crippen LogP contribution in [0.1, 0.15) is 30.9 Å². The van der Waals surface area contributed by atoms with Gasteiger partial charge in [0, 0.05) is 11.6 Å². The Morgan fingerprint density at radius 2 is 2.54 bits per heavy atom. The Kier molecular flexibility index (Phi) is 3.87. The van der Waals surface area contributed by atoms with Crippen LogP contribution in [0.5, 0.6) is 0 Å². The number of aliphatic hydroxyl groups is 1. The lowest BCUT2D eigenvalue weighted by molar-refractivity contribution is 0.129. The zero-order valence-electron chi connectivity index (χ0n) is 7.47. The first kappa shape index (κ1) is 10.2. The normalized spacial score (nSPS) is 14.8. The first-order valence-electron chi connectivity index (χ1n) is 4.26. The van der Waals surface area contributed by atoms with Gasteiger partial charge in [-0.15, -0.1) is 11.3 Å². The van der Waals surface area contributed by atoms with E-state index in [1.807, 2.05) is 6.92 Å². The molecule has 0 fully saturated rings. The number of thiazole rings is 1. The predicted molar refractivity (Wildman–Crippen MR) is 51.1 cm³/mol. The van der Waals surface area contributed by atoms with Crippen molar-refractivity contribution in [2.24, 2.45) is 5.92 Å². The molecule has 1 aromatic rings. The average molecular weight is 196 g/mol. The van der Waals surface area contributed by atoms with E-state index in [9.17, 15) is 5.11 Å². The summed E-state index contributed by atoms with van der Waals surface area (Å²) in [6, 6.07) is 2.11. The van der Waals surface area contributed by atoms with E-state index < -0.39 is 6.10 Å². The molecule has 0 aliphatic carbocycles. The molecule has 13 heavy (non-hydrogen) atoms. The molecular formula is C9H12N2OS. The summed E-state index contributed by atoms with van der Waals surface area (Å²) < 4.78 is 0. The van der Waals surface area contributed by atoms with Gasteiger partial charge in [-0.1, -0.05) is 13.3 Å². The quantitative estimate of drug-likeness (QED) is 0.802. The van der Waals surface area contributed by atoms with Gasteiger partial charge in [0.15, 0.2) is 0 Å². The van der Waals surface area contributed by atoms with Crippen molar-refractivity contribution in [3.05, 3.63) is 16.6 Å². The molecule has 0 saturated carbocycles. The van der Waals surface area contributed by atoms with Crippen LogP contribution in [0.15, 0.2) is 11.6 Å². The number of hydrogen-bond donors (Lipinski definition) is 1. The standard InChI is InChI=1S/C9H12N2OS/c1-2-3-7(6-10)8(12)9-11-4-5-13-9/h4-5,7-8,12H,2-3H2,1H3. The van der Waals surface area contributed by atoms with Gasteiger partial charge in [0.05, 0.1) is 12.0 Å². The van der Waals surface area contributed by atoms with Crippen LogP contribution in [0.4, 0.5) is 0 Å². The summed E-state index contributed by atoms with van der Waals surface area (Å²) in [5.41, 5.74) is 0. The maximum Gasteiger partial charge on any atom is 0.123 e. The second-order valence-corrected chi connectivity index (χ2v) is 3.77. The van der Waals surface area contributed by atoms with Crippen molar-refractivity contribution in [3.63, 3.8) is 0 Å². The Morgan fingerprint density at radius 1 is 1.77 bits per heavy atom. The van der Waals surface area contributed by atoms with E-state index in [-0.39, 0.29) is 5.92 Å². The van der Waals surface area contributed by atoms with Crippen LogP contribution in [-0.4, -0.2) is 10.1 Å². The van der Waals surface area contributed by atoms with E-state index in [1.54, 1.807) is 11.6 Å². The van der Waals surface area contributed by atoms with Gasteiger partial charge in [0.1, 0.15) is 11.1 Å². The summed E-state index contributed by atoms with van der Waals surface area (Å²) in [4.78, 5) is 3.98. The minimum absolute atomic E-state index is 0.323. The number of nitriles is 1. The molecule has 0 amide bonds. The first-order valence-corrected chi connectivity index (χ1v) is 5.14. The molecule has 0 aliphatic rings. The minimum atomic E-state index is -0.718.